The van der Waals surface area contributed by atoms with Gasteiger partial charge >= 0.3 is 0 Å². The zero-order valence-corrected chi connectivity index (χ0v) is 17.2. The van der Waals surface area contributed by atoms with E-state index < -0.39 is 0 Å². The maximum atomic E-state index is 4.60. The number of rotatable bonds is 3. The molecule has 8 nitrogen and oxygen atoms in total. The second kappa shape index (κ2) is 7.17. The molecule has 1 saturated heterocycles. The third kappa shape index (κ3) is 3.12. The molecule has 6 heterocycles. The summed E-state index contributed by atoms with van der Waals surface area (Å²) in [6.07, 6.45) is 9.25. The molecule has 0 aliphatic carbocycles. The van der Waals surface area contributed by atoms with E-state index in [9.17, 15) is 0 Å². The highest BCUT2D eigenvalue weighted by atomic mass is 15.3. The highest BCUT2D eigenvalue weighted by molar-refractivity contribution is 6.00. The first-order chi connectivity index (χ1) is 15.3. The largest absolute Gasteiger partial charge is 0.367 e. The Labute approximate surface area is 179 Å². The molecule has 0 spiro atoms. The van der Waals surface area contributed by atoms with Crippen LogP contribution < -0.4 is 4.90 Å². The highest BCUT2D eigenvalue weighted by Gasteiger charge is 2.19. The van der Waals surface area contributed by atoms with E-state index >= 15 is 0 Å². The molecule has 154 valence electrons. The van der Waals surface area contributed by atoms with Crippen LogP contribution in [0.4, 0.5) is 5.69 Å². The summed E-state index contributed by atoms with van der Waals surface area (Å²) in [7, 11) is 2.17. The van der Waals surface area contributed by atoms with Crippen molar-refractivity contribution in [2.24, 2.45) is 0 Å². The van der Waals surface area contributed by atoms with Gasteiger partial charge in [0, 0.05) is 54.9 Å². The van der Waals surface area contributed by atoms with Crippen LogP contribution in [0.3, 0.4) is 0 Å². The number of H-pyrrole nitrogens is 2. The van der Waals surface area contributed by atoms with Crippen LogP contribution in [0.25, 0.3) is 44.5 Å². The molecule has 8 heteroatoms. The van der Waals surface area contributed by atoms with Crippen molar-refractivity contribution < 1.29 is 0 Å². The van der Waals surface area contributed by atoms with Crippen molar-refractivity contribution in [2.45, 2.75) is 0 Å². The molecular weight excluding hydrogens is 388 g/mol. The highest BCUT2D eigenvalue weighted by Crippen LogP contribution is 2.34. The molecule has 5 aromatic rings. The van der Waals surface area contributed by atoms with Crippen molar-refractivity contribution in [3.05, 3.63) is 55.2 Å². The number of nitrogens with zero attached hydrogens (tertiary/aromatic N) is 6. The predicted octanol–water partition coefficient (Wildman–Crippen LogP) is 3.32. The van der Waals surface area contributed by atoms with Crippen LogP contribution in [0, 0.1) is 0 Å². The average molecular weight is 410 g/mol. The zero-order valence-electron chi connectivity index (χ0n) is 17.2. The third-order valence-corrected chi connectivity index (χ3v) is 6.05. The van der Waals surface area contributed by atoms with Gasteiger partial charge in [-0.25, -0.2) is 0 Å². The fraction of sp³-hybridized carbons (Fsp3) is 0.217. The van der Waals surface area contributed by atoms with Crippen LogP contribution in [0.2, 0.25) is 0 Å². The topological polar surface area (TPSA) is 89.6 Å². The van der Waals surface area contributed by atoms with Crippen LogP contribution in [-0.2, 0) is 0 Å². The fourth-order valence-electron chi connectivity index (χ4n) is 4.27. The van der Waals surface area contributed by atoms with E-state index in [0.717, 1.165) is 65.2 Å². The minimum atomic E-state index is 0.883. The van der Waals surface area contributed by atoms with Crippen molar-refractivity contribution in [2.75, 3.05) is 38.1 Å². The van der Waals surface area contributed by atoms with Crippen LogP contribution in [0.1, 0.15) is 0 Å². The molecule has 0 bridgehead atoms. The Morgan fingerprint density at radius 1 is 0.871 bits per heavy atom. The maximum Gasteiger partial charge on any atom is 0.116 e. The SMILES string of the molecule is CN1CCN(c2cncc3[nH]c(-c4n[nH]c5cnc(-c6ccncc6)cc45)cc23)CC1. The van der Waals surface area contributed by atoms with Gasteiger partial charge in [-0.1, -0.05) is 0 Å². The first-order valence-electron chi connectivity index (χ1n) is 10.4. The summed E-state index contributed by atoms with van der Waals surface area (Å²) in [6, 6.07) is 8.19. The Balaban J connectivity index is 1.44. The summed E-state index contributed by atoms with van der Waals surface area (Å²) in [5, 5.41) is 9.92. The summed E-state index contributed by atoms with van der Waals surface area (Å²) < 4.78 is 0. The van der Waals surface area contributed by atoms with Crippen molar-refractivity contribution in [1.82, 2.24) is 35.0 Å². The van der Waals surface area contributed by atoms with E-state index in [1.807, 2.05) is 30.7 Å². The monoisotopic (exact) mass is 410 g/mol. The molecule has 5 aromatic heterocycles. The number of aromatic nitrogens is 6. The number of nitrogens with one attached hydrogen (secondary N) is 2. The number of aromatic amines is 2. The zero-order chi connectivity index (χ0) is 20.8. The molecule has 0 aromatic carbocycles. The second-order valence-corrected chi connectivity index (χ2v) is 8.02. The molecule has 1 fully saturated rings. The van der Waals surface area contributed by atoms with E-state index in [-0.39, 0.29) is 0 Å². The van der Waals surface area contributed by atoms with E-state index in [0.29, 0.717) is 0 Å². The third-order valence-electron chi connectivity index (χ3n) is 6.05. The van der Waals surface area contributed by atoms with E-state index in [2.05, 4.69) is 59.1 Å². The Bertz CT molecular complexity index is 1360. The van der Waals surface area contributed by atoms with Crippen molar-refractivity contribution in [3.63, 3.8) is 0 Å². The number of hydrogen-bond donors (Lipinski definition) is 2. The minimum absolute atomic E-state index is 0.883. The normalized spacial score (nSPS) is 15.2. The van der Waals surface area contributed by atoms with E-state index in [1.54, 1.807) is 12.4 Å². The molecule has 6 rings (SSSR count). The van der Waals surface area contributed by atoms with Gasteiger partial charge in [-0.15, -0.1) is 0 Å². The molecule has 0 radical (unpaired) electrons. The molecular formula is C23H22N8. The van der Waals surface area contributed by atoms with Gasteiger partial charge in [-0.2, -0.15) is 5.10 Å². The molecule has 0 unspecified atom stereocenters. The van der Waals surface area contributed by atoms with Crippen LogP contribution in [0.5, 0.6) is 0 Å². The Morgan fingerprint density at radius 2 is 1.71 bits per heavy atom. The minimum Gasteiger partial charge on any atom is -0.367 e. The van der Waals surface area contributed by atoms with Gasteiger partial charge in [0.05, 0.1) is 46.7 Å². The standard InChI is InChI=1S/C23H22N8/c1-30-6-8-31(9-7-30)22-14-25-12-20-16(22)10-19(27-20)23-17-11-18(15-2-4-24-5-3-15)26-13-21(17)28-29-23/h2-5,10-14,27H,6-9H2,1H3,(H,28,29). The summed E-state index contributed by atoms with van der Waals surface area (Å²) in [6.45, 7) is 4.12. The number of anilines is 1. The van der Waals surface area contributed by atoms with Gasteiger partial charge < -0.3 is 14.8 Å². The number of piperazine rings is 1. The first kappa shape index (κ1) is 18.0. The van der Waals surface area contributed by atoms with Gasteiger partial charge in [0.1, 0.15) is 5.69 Å². The maximum absolute atomic E-state index is 4.60. The Kier molecular flexibility index (Phi) is 4.17. The smallest absolute Gasteiger partial charge is 0.116 e. The first-order valence-corrected chi connectivity index (χ1v) is 10.4. The van der Waals surface area contributed by atoms with Crippen LogP contribution >= 0.6 is 0 Å². The number of fused-ring (bicyclic) bond motifs is 2. The molecule has 0 amide bonds. The number of likely N-dealkylation sites (N-methyl/N-ethyl adjacent to an activating group) is 1. The van der Waals surface area contributed by atoms with Crippen LogP contribution in [-0.4, -0.2) is 68.3 Å². The van der Waals surface area contributed by atoms with E-state index in [4.69, 9.17) is 0 Å². The van der Waals surface area contributed by atoms with Gasteiger partial charge in [0.25, 0.3) is 0 Å². The quantitative estimate of drug-likeness (QED) is 0.474. The van der Waals surface area contributed by atoms with Crippen molar-refractivity contribution >= 4 is 27.5 Å². The van der Waals surface area contributed by atoms with Gasteiger partial charge in [-0.05, 0) is 31.3 Å². The Morgan fingerprint density at radius 3 is 2.55 bits per heavy atom. The molecule has 0 saturated carbocycles. The lowest BCUT2D eigenvalue weighted by molar-refractivity contribution is 0.313. The van der Waals surface area contributed by atoms with Gasteiger partial charge in [-0.3, -0.25) is 20.1 Å². The summed E-state index contributed by atoms with van der Waals surface area (Å²) in [5.74, 6) is 0. The van der Waals surface area contributed by atoms with Crippen molar-refractivity contribution in [3.8, 4) is 22.6 Å². The average Bonchev–Trinajstić information content (AvgIpc) is 3.43. The van der Waals surface area contributed by atoms with Gasteiger partial charge in [0.2, 0.25) is 0 Å². The summed E-state index contributed by atoms with van der Waals surface area (Å²) in [5.41, 5.74) is 6.88. The van der Waals surface area contributed by atoms with Crippen LogP contribution in [0.15, 0.2) is 55.2 Å². The molecule has 1 aliphatic heterocycles. The summed E-state index contributed by atoms with van der Waals surface area (Å²) >= 11 is 0. The molecule has 0 atom stereocenters. The van der Waals surface area contributed by atoms with Gasteiger partial charge in [0.15, 0.2) is 0 Å². The molecule has 31 heavy (non-hydrogen) atoms. The Hall–Kier alpha value is -3.78. The predicted molar refractivity (Wildman–Crippen MR) is 122 cm³/mol. The van der Waals surface area contributed by atoms with E-state index in [1.165, 1.54) is 11.1 Å². The lowest BCUT2D eigenvalue weighted by Crippen LogP contribution is -2.44. The number of pyridine rings is 3. The molecule has 1 aliphatic rings. The second-order valence-electron chi connectivity index (χ2n) is 8.02. The lowest BCUT2D eigenvalue weighted by atomic mass is 10.1. The molecule has 2 N–H and O–H groups in total. The van der Waals surface area contributed by atoms with Crippen molar-refractivity contribution in [1.29, 1.82) is 0 Å². The fourth-order valence-corrected chi connectivity index (χ4v) is 4.27. The number of hydrogen-bond acceptors (Lipinski definition) is 6. The lowest BCUT2D eigenvalue weighted by Gasteiger charge is -2.34. The summed E-state index contributed by atoms with van der Waals surface area (Å²) in [4.78, 5) is 21.5.